The molecule has 1 atom stereocenters. The number of carboxylic acid groups (broad SMARTS) is 1. The van der Waals surface area contributed by atoms with Crippen molar-refractivity contribution in [1.29, 1.82) is 0 Å². The van der Waals surface area contributed by atoms with Gasteiger partial charge in [0.1, 0.15) is 0 Å². The Morgan fingerprint density at radius 1 is 1.45 bits per heavy atom. The van der Waals surface area contributed by atoms with Crippen molar-refractivity contribution < 1.29 is 14.7 Å². The van der Waals surface area contributed by atoms with Gasteiger partial charge in [-0.15, -0.1) is 5.10 Å². The molecule has 1 aromatic rings. The summed E-state index contributed by atoms with van der Waals surface area (Å²) in [6.07, 6.45) is 0.446. The lowest BCUT2D eigenvalue weighted by Crippen LogP contribution is -2.41. The number of hydrogen-bond acceptors (Lipinski definition) is 5. The second-order valence-corrected chi connectivity index (χ2v) is 5.32. The van der Waals surface area contributed by atoms with E-state index in [0.717, 1.165) is 0 Å². The first-order valence-electron chi connectivity index (χ1n) is 6.38. The number of aliphatic carboxylic acids is 1. The molecule has 0 bridgehead atoms. The van der Waals surface area contributed by atoms with E-state index < -0.39 is 17.4 Å². The molecular formula is C11H18N6O3. The van der Waals surface area contributed by atoms with Crippen LogP contribution in [-0.2, 0) is 11.8 Å². The van der Waals surface area contributed by atoms with Gasteiger partial charge in [-0.1, -0.05) is 18.9 Å². The molecule has 1 fully saturated rings. The van der Waals surface area contributed by atoms with Gasteiger partial charge in [-0.25, -0.2) is 4.79 Å². The Morgan fingerprint density at radius 3 is 2.60 bits per heavy atom. The van der Waals surface area contributed by atoms with Crippen molar-refractivity contribution >= 4 is 17.9 Å². The lowest BCUT2D eigenvalue weighted by molar-refractivity contribution is -0.150. The Morgan fingerprint density at radius 2 is 2.15 bits per heavy atom. The quantitative estimate of drug-likeness (QED) is 0.817. The molecule has 2 N–H and O–H groups in total. The van der Waals surface area contributed by atoms with Crippen LogP contribution in [0.15, 0.2) is 0 Å². The first kappa shape index (κ1) is 14.2. The maximum Gasteiger partial charge on any atom is 0.324 e. The molecule has 0 radical (unpaired) electrons. The molecule has 0 saturated carbocycles. The highest BCUT2D eigenvalue weighted by Gasteiger charge is 2.48. The molecule has 2 amide bonds. The van der Waals surface area contributed by atoms with Gasteiger partial charge >= 0.3 is 12.0 Å². The van der Waals surface area contributed by atoms with Crippen molar-refractivity contribution in [2.75, 3.05) is 18.4 Å². The van der Waals surface area contributed by atoms with Gasteiger partial charge in [-0.3, -0.25) is 10.1 Å². The number of hydrogen-bond donors (Lipinski definition) is 2. The van der Waals surface area contributed by atoms with E-state index in [2.05, 4.69) is 20.7 Å². The molecular weight excluding hydrogens is 264 g/mol. The van der Waals surface area contributed by atoms with E-state index in [1.54, 1.807) is 7.05 Å². The summed E-state index contributed by atoms with van der Waals surface area (Å²) in [6.45, 7) is 4.31. The van der Waals surface area contributed by atoms with Gasteiger partial charge in [-0.2, -0.15) is 4.80 Å². The van der Waals surface area contributed by atoms with Gasteiger partial charge in [0.25, 0.3) is 5.95 Å². The van der Waals surface area contributed by atoms with Crippen LogP contribution in [0.2, 0.25) is 0 Å². The van der Waals surface area contributed by atoms with Crippen LogP contribution in [0.5, 0.6) is 0 Å². The number of carboxylic acids is 1. The van der Waals surface area contributed by atoms with E-state index >= 15 is 0 Å². The summed E-state index contributed by atoms with van der Waals surface area (Å²) in [4.78, 5) is 26.3. The molecule has 20 heavy (non-hydrogen) atoms. The average molecular weight is 282 g/mol. The van der Waals surface area contributed by atoms with Crippen molar-refractivity contribution in [3.8, 4) is 0 Å². The van der Waals surface area contributed by atoms with Crippen molar-refractivity contribution in [3.63, 3.8) is 0 Å². The largest absolute Gasteiger partial charge is 0.481 e. The smallest absolute Gasteiger partial charge is 0.324 e. The molecule has 0 aromatic carbocycles. The summed E-state index contributed by atoms with van der Waals surface area (Å²) in [5, 5.41) is 23.1. The zero-order valence-electron chi connectivity index (χ0n) is 11.7. The van der Waals surface area contributed by atoms with Gasteiger partial charge in [0.2, 0.25) is 0 Å². The van der Waals surface area contributed by atoms with Crippen molar-refractivity contribution in [3.05, 3.63) is 0 Å². The number of amides is 2. The summed E-state index contributed by atoms with van der Waals surface area (Å²) < 4.78 is 0. The Bertz CT molecular complexity index is 528. The Labute approximate surface area is 115 Å². The number of aryl methyl sites for hydroxylation is 1. The van der Waals surface area contributed by atoms with Gasteiger partial charge in [0.15, 0.2) is 0 Å². The molecule has 1 saturated heterocycles. The number of nitrogens with zero attached hydrogens (tertiary/aromatic N) is 5. The van der Waals surface area contributed by atoms with Crippen LogP contribution in [-0.4, -0.2) is 55.3 Å². The van der Waals surface area contributed by atoms with E-state index in [1.807, 2.05) is 13.8 Å². The maximum atomic E-state index is 12.1. The number of nitrogens with one attached hydrogen (secondary N) is 1. The number of rotatable bonds is 3. The van der Waals surface area contributed by atoms with E-state index in [1.165, 1.54) is 9.70 Å². The molecule has 0 aliphatic carbocycles. The van der Waals surface area contributed by atoms with Gasteiger partial charge in [-0.05, 0) is 17.6 Å². The fraction of sp³-hybridized carbons (Fsp3) is 0.727. The molecule has 9 nitrogen and oxygen atoms in total. The standard InChI is InChI=1S/C11H18N6O3/c1-7(2)11(8(18)19)4-5-17(6-11)10(20)12-9-13-15-16(3)14-9/h7H,4-6H2,1-3H3,(H,18,19)(H,12,14,20). The minimum atomic E-state index is -0.882. The molecule has 110 valence electrons. The highest BCUT2D eigenvalue weighted by Crippen LogP contribution is 2.38. The van der Waals surface area contributed by atoms with Gasteiger partial charge in [0.05, 0.1) is 12.5 Å². The van der Waals surface area contributed by atoms with Crippen LogP contribution in [0, 0.1) is 11.3 Å². The SMILES string of the molecule is CC(C)C1(C(=O)O)CCN(C(=O)Nc2nnn(C)n2)C1. The summed E-state index contributed by atoms with van der Waals surface area (Å²) in [7, 11) is 1.59. The van der Waals surface area contributed by atoms with E-state index in [4.69, 9.17) is 0 Å². The van der Waals surface area contributed by atoms with Crippen LogP contribution >= 0.6 is 0 Å². The predicted octanol–water partition coefficient (Wildman–Crippen LogP) is 0.175. The maximum absolute atomic E-state index is 12.1. The van der Waals surface area contributed by atoms with Crippen molar-refractivity contribution in [2.45, 2.75) is 20.3 Å². The lowest BCUT2D eigenvalue weighted by atomic mass is 9.76. The first-order valence-corrected chi connectivity index (χ1v) is 6.38. The first-order chi connectivity index (χ1) is 9.35. The van der Waals surface area contributed by atoms with E-state index in [9.17, 15) is 14.7 Å². The Kier molecular flexibility index (Phi) is 3.60. The summed E-state index contributed by atoms with van der Waals surface area (Å²) >= 11 is 0. The third-order valence-electron chi connectivity index (χ3n) is 3.85. The predicted molar refractivity (Wildman–Crippen MR) is 68.9 cm³/mol. The normalized spacial score (nSPS) is 22.3. The third-order valence-corrected chi connectivity index (χ3v) is 3.85. The van der Waals surface area contributed by atoms with Crippen molar-refractivity contribution in [1.82, 2.24) is 25.1 Å². The molecule has 1 aromatic heterocycles. The fourth-order valence-electron chi connectivity index (χ4n) is 2.41. The van der Waals surface area contributed by atoms with Gasteiger partial charge in [0, 0.05) is 13.1 Å². The molecule has 0 spiro atoms. The minimum Gasteiger partial charge on any atom is -0.481 e. The Balaban J connectivity index is 2.05. The average Bonchev–Trinajstić information content (AvgIpc) is 2.96. The summed E-state index contributed by atoms with van der Waals surface area (Å²) in [5.74, 6) is -0.803. The van der Waals surface area contributed by atoms with Crippen LogP contribution in [0.25, 0.3) is 0 Å². The lowest BCUT2D eigenvalue weighted by Gasteiger charge is -2.28. The van der Waals surface area contributed by atoms with Crippen LogP contribution in [0.1, 0.15) is 20.3 Å². The number of carbonyl (C=O) groups excluding carboxylic acids is 1. The molecule has 1 unspecified atom stereocenters. The topological polar surface area (TPSA) is 113 Å². The Hall–Kier alpha value is -2.19. The summed E-state index contributed by atoms with van der Waals surface area (Å²) in [5.41, 5.74) is -0.882. The zero-order valence-corrected chi connectivity index (χ0v) is 11.7. The number of anilines is 1. The zero-order chi connectivity index (χ0) is 14.9. The highest BCUT2D eigenvalue weighted by atomic mass is 16.4. The monoisotopic (exact) mass is 282 g/mol. The molecule has 1 aliphatic heterocycles. The van der Waals surface area contributed by atoms with E-state index in [0.29, 0.717) is 13.0 Å². The fourth-order valence-corrected chi connectivity index (χ4v) is 2.41. The molecule has 1 aliphatic rings. The number of tetrazole rings is 1. The molecule has 2 rings (SSSR count). The van der Waals surface area contributed by atoms with E-state index in [-0.39, 0.29) is 18.4 Å². The number of aromatic nitrogens is 4. The van der Waals surface area contributed by atoms with Crippen LogP contribution in [0.4, 0.5) is 10.7 Å². The minimum absolute atomic E-state index is 0.0487. The van der Waals surface area contributed by atoms with Crippen LogP contribution in [0.3, 0.4) is 0 Å². The number of urea groups is 1. The number of carbonyl (C=O) groups is 2. The second-order valence-electron chi connectivity index (χ2n) is 5.32. The molecule has 2 heterocycles. The van der Waals surface area contributed by atoms with Crippen LogP contribution < -0.4 is 5.32 Å². The summed E-state index contributed by atoms with van der Waals surface area (Å²) in [6, 6.07) is -0.401. The highest BCUT2D eigenvalue weighted by molar-refractivity contribution is 5.88. The third kappa shape index (κ3) is 2.43. The second kappa shape index (κ2) is 5.06. The van der Waals surface area contributed by atoms with Crippen molar-refractivity contribution in [2.24, 2.45) is 18.4 Å². The number of likely N-dealkylation sites (tertiary alicyclic amines) is 1. The molecule has 9 heteroatoms. The van der Waals surface area contributed by atoms with Gasteiger partial charge < -0.3 is 10.0 Å².